The minimum absolute atomic E-state index is 0.0785. The van der Waals surface area contributed by atoms with E-state index in [9.17, 15) is 4.79 Å². The van der Waals surface area contributed by atoms with E-state index in [-0.39, 0.29) is 18.1 Å². The Bertz CT molecular complexity index is 733. The first-order chi connectivity index (χ1) is 13.0. The zero-order valence-corrected chi connectivity index (χ0v) is 16.3. The lowest BCUT2D eigenvalue weighted by molar-refractivity contribution is -0.0586. The number of nitrogens with zero attached hydrogens (tertiary/aromatic N) is 1. The van der Waals surface area contributed by atoms with Crippen LogP contribution < -0.4 is 10.1 Å². The Labute approximate surface area is 161 Å². The van der Waals surface area contributed by atoms with Crippen molar-refractivity contribution in [2.45, 2.75) is 39.1 Å². The molecule has 0 unspecified atom stereocenters. The first-order valence-electron chi connectivity index (χ1n) is 9.42. The first-order valence-corrected chi connectivity index (χ1v) is 9.42. The maximum absolute atomic E-state index is 12.7. The normalized spacial score (nSPS) is 19.7. The van der Waals surface area contributed by atoms with E-state index in [0.717, 1.165) is 30.0 Å². The van der Waals surface area contributed by atoms with Gasteiger partial charge in [0.25, 0.3) is 5.91 Å². The molecule has 27 heavy (non-hydrogen) atoms. The molecule has 1 amide bonds. The fourth-order valence-corrected chi connectivity index (χ4v) is 3.39. The Morgan fingerprint density at radius 1 is 1.00 bits per heavy atom. The van der Waals surface area contributed by atoms with Gasteiger partial charge in [-0.15, -0.1) is 0 Å². The number of methoxy groups -OCH3 is 1. The minimum atomic E-state index is 0.0785. The van der Waals surface area contributed by atoms with Gasteiger partial charge in [-0.2, -0.15) is 0 Å². The second kappa shape index (κ2) is 9.02. The predicted molar refractivity (Wildman–Crippen MR) is 106 cm³/mol. The zero-order chi connectivity index (χ0) is 19.2. The van der Waals surface area contributed by atoms with E-state index in [1.807, 2.05) is 55.1 Å². The molecule has 0 aliphatic carbocycles. The maximum atomic E-state index is 12.7. The fourth-order valence-electron chi connectivity index (χ4n) is 3.39. The van der Waals surface area contributed by atoms with Crippen molar-refractivity contribution in [2.75, 3.05) is 20.2 Å². The molecule has 144 valence electrons. The highest BCUT2D eigenvalue weighted by Gasteiger charge is 2.26. The predicted octanol–water partition coefficient (Wildman–Crippen LogP) is 3.23. The summed E-state index contributed by atoms with van der Waals surface area (Å²) < 4.78 is 10.9. The van der Waals surface area contributed by atoms with Gasteiger partial charge < -0.3 is 19.7 Å². The lowest BCUT2D eigenvalue weighted by atomic mass is 10.1. The smallest absolute Gasteiger partial charge is 0.254 e. The van der Waals surface area contributed by atoms with E-state index in [4.69, 9.17) is 9.47 Å². The highest BCUT2D eigenvalue weighted by atomic mass is 16.5. The van der Waals surface area contributed by atoms with Crippen molar-refractivity contribution in [3.63, 3.8) is 0 Å². The third kappa shape index (κ3) is 5.31. The van der Waals surface area contributed by atoms with Gasteiger partial charge in [-0.1, -0.05) is 24.3 Å². The summed E-state index contributed by atoms with van der Waals surface area (Å²) in [6.07, 6.45) is 0.165. The highest BCUT2D eigenvalue weighted by molar-refractivity contribution is 5.94. The molecule has 1 saturated heterocycles. The zero-order valence-electron chi connectivity index (χ0n) is 16.3. The van der Waals surface area contributed by atoms with Crippen molar-refractivity contribution in [1.82, 2.24) is 10.2 Å². The number of rotatable bonds is 6. The summed E-state index contributed by atoms with van der Waals surface area (Å²) in [6, 6.07) is 15.9. The van der Waals surface area contributed by atoms with Gasteiger partial charge in [0.2, 0.25) is 0 Å². The van der Waals surface area contributed by atoms with Crippen molar-refractivity contribution >= 4 is 5.91 Å². The van der Waals surface area contributed by atoms with E-state index in [0.29, 0.717) is 13.1 Å². The molecule has 1 heterocycles. The molecule has 1 fully saturated rings. The number of benzene rings is 2. The molecule has 5 nitrogen and oxygen atoms in total. The summed E-state index contributed by atoms with van der Waals surface area (Å²) in [4.78, 5) is 14.6. The van der Waals surface area contributed by atoms with E-state index in [1.165, 1.54) is 5.56 Å². The molecule has 0 radical (unpaired) electrons. The molecule has 0 aromatic heterocycles. The van der Waals surface area contributed by atoms with Crippen LogP contribution in [0.4, 0.5) is 0 Å². The van der Waals surface area contributed by atoms with Crippen LogP contribution in [0.25, 0.3) is 0 Å². The summed E-state index contributed by atoms with van der Waals surface area (Å²) in [5, 5.41) is 3.43. The summed E-state index contributed by atoms with van der Waals surface area (Å²) in [5.41, 5.74) is 3.09. The van der Waals surface area contributed by atoms with Gasteiger partial charge in [-0.05, 0) is 49.2 Å². The SMILES string of the molecule is COc1ccc(CNCc2ccc(C(=O)N3C[C@@H](C)O[C@@H](C)C3)cc2)cc1. The average molecular weight is 368 g/mol. The molecule has 0 bridgehead atoms. The fraction of sp³-hybridized carbons (Fsp3) is 0.409. The van der Waals surface area contributed by atoms with E-state index >= 15 is 0 Å². The third-order valence-corrected chi connectivity index (χ3v) is 4.73. The summed E-state index contributed by atoms with van der Waals surface area (Å²) in [7, 11) is 1.67. The van der Waals surface area contributed by atoms with E-state index in [2.05, 4.69) is 17.4 Å². The summed E-state index contributed by atoms with van der Waals surface area (Å²) >= 11 is 0. The number of carbonyl (C=O) groups is 1. The van der Waals surface area contributed by atoms with Gasteiger partial charge in [-0.25, -0.2) is 0 Å². The molecule has 3 rings (SSSR count). The Morgan fingerprint density at radius 3 is 2.04 bits per heavy atom. The lowest BCUT2D eigenvalue weighted by Gasteiger charge is -2.35. The molecule has 2 aromatic carbocycles. The Balaban J connectivity index is 1.51. The molecule has 5 heteroatoms. The molecular weight excluding hydrogens is 340 g/mol. The number of amides is 1. The molecule has 1 aliphatic rings. The largest absolute Gasteiger partial charge is 0.497 e. The number of ether oxygens (including phenoxy) is 2. The monoisotopic (exact) mass is 368 g/mol. The minimum Gasteiger partial charge on any atom is -0.497 e. The van der Waals surface area contributed by atoms with Crippen LogP contribution in [0.1, 0.15) is 35.3 Å². The van der Waals surface area contributed by atoms with Crippen molar-refractivity contribution in [2.24, 2.45) is 0 Å². The van der Waals surface area contributed by atoms with Crippen molar-refractivity contribution in [3.8, 4) is 5.75 Å². The van der Waals surface area contributed by atoms with Crippen LogP contribution in [0, 0.1) is 0 Å². The van der Waals surface area contributed by atoms with Gasteiger partial charge in [0.05, 0.1) is 19.3 Å². The van der Waals surface area contributed by atoms with Gasteiger partial charge >= 0.3 is 0 Å². The molecular formula is C22H28N2O3. The van der Waals surface area contributed by atoms with Crippen molar-refractivity contribution in [3.05, 3.63) is 65.2 Å². The number of hydrogen-bond acceptors (Lipinski definition) is 4. The van der Waals surface area contributed by atoms with E-state index < -0.39 is 0 Å². The average Bonchev–Trinajstić information content (AvgIpc) is 2.68. The van der Waals surface area contributed by atoms with Gasteiger partial charge in [0, 0.05) is 31.7 Å². The molecule has 0 saturated carbocycles. The number of morpholine rings is 1. The van der Waals surface area contributed by atoms with Crippen LogP contribution in [0.2, 0.25) is 0 Å². The Hall–Kier alpha value is -2.37. The number of hydrogen-bond donors (Lipinski definition) is 1. The summed E-state index contributed by atoms with van der Waals surface area (Å²) in [5.74, 6) is 0.942. The van der Waals surface area contributed by atoms with Gasteiger partial charge in [0.1, 0.15) is 5.75 Å². The van der Waals surface area contributed by atoms with Crippen LogP contribution in [0.15, 0.2) is 48.5 Å². The molecule has 1 aliphatic heterocycles. The van der Waals surface area contributed by atoms with Crippen molar-refractivity contribution in [1.29, 1.82) is 0 Å². The van der Waals surface area contributed by atoms with E-state index in [1.54, 1.807) is 7.11 Å². The molecule has 2 aromatic rings. The highest BCUT2D eigenvalue weighted by Crippen LogP contribution is 2.15. The van der Waals surface area contributed by atoms with Crippen LogP contribution in [-0.4, -0.2) is 43.2 Å². The Morgan fingerprint density at radius 2 is 1.52 bits per heavy atom. The topological polar surface area (TPSA) is 50.8 Å². The molecule has 1 N–H and O–H groups in total. The first kappa shape index (κ1) is 19.4. The molecule has 0 spiro atoms. The lowest BCUT2D eigenvalue weighted by Crippen LogP contribution is -2.48. The third-order valence-electron chi connectivity index (χ3n) is 4.73. The van der Waals surface area contributed by atoms with Crippen LogP contribution >= 0.6 is 0 Å². The van der Waals surface area contributed by atoms with Crippen molar-refractivity contribution < 1.29 is 14.3 Å². The number of nitrogens with one attached hydrogen (secondary N) is 1. The quantitative estimate of drug-likeness (QED) is 0.850. The molecule has 2 atom stereocenters. The standard InChI is InChI=1S/C22H28N2O3/c1-16-14-24(15-17(2)27-16)22(25)20-8-4-18(5-9-20)12-23-13-19-6-10-21(26-3)11-7-19/h4-11,16-17,23H,12-15H2,1-3H3/t16-,17+. The van der Waals surface area contributed by atoms with Crippen LogP contribution in [-0.2, 0) is 17.8 Å². The second-order valence-corrected chi connectivity index (χ2v) is 7.12. The second-order valence-electron chi connectivity index (χ2n) is 7.12. The van der Waals surface area contributed by atoms with Gasteiger partial charge in [-0.3, -0.25) is 4.79 Å². The number of carbonyl (C=O) groups excluding carboxylic acids is 1. The van der Waals surface area contributed by atoms with Crippen LogP contribution in [0.5, 0.6) is 5.75 Å². The maximum Gasteiger partial charge on any atom is 0.254 e. The van der Waals surface area contributed by atoms with Crippen LogP contribution in [0.3, 0.4) is 0 Å². The Kier molecular flexibility index (Phi) is 6.48. The summed E-state index contributed by atoms with van der Waals surface area (Å²) in [6.45, 7) is 6.85. The van der Waals surface area contributed by atoms with Gasteiger partial charge in [0.15, 0.2) is 0 Å².